The van der Waals surface area contributed by atoms with Crippen LogP contribution in [0.25, 0.3) is 0 Å². The van der Waals surface area contributed by atoms with Crippen molar-refractivity contribution in [1.29, 1.82) is 0 Å². The van der Waals surface area contributed by atoms with E-state index in [2.05, 4.69) is 26.6 Å². The Balaban J connectivity index is 1.49. The molecule has 0 radical (unpaired) electrons. The highest BCUT2D eigenvalue weighted by Crippen LogP contribution is 2.29. The van der Waals surface area contributed by atoms with E-state index in [1.165, 1.54) is 0 Å². The zero-order valence-corrected chi connectivity index (χ0v) is 17.9. The third-order valence-electron chi connectivity index (χ3n) is 5.44. The van der Waals surface area contributed by atoms with Crippen LogP contribution in [0.15, 0.2) is 40.9 Å². The van der Waals surface area contributed by atoms with Crippen molar-refractivity contribution in [3.05, 3.63) is 52.0 Å². The van der Waals surface area contributed by atoms with Gasteiger partial charge < -0.3 is 20.5 Å². The molecule has 0 aromatic heterocycles. The minimum atomic E-state index is 0.0298. The van der Waals surface area contributed by atoms with Crippen molar-refractivity contribution < 1.29 is 14.6 Å². The van der Waals surface area contributed by atoms with Crippen molar-refractivity contribution in [1.82, 2.24) is 5.32 Å². The number of methoxy groups -OCH3 is 1. The predicted octanol–water partition coefficient (Wildman–Crippen LogP) is 4.76. The number of amides is 1. The number of nitrogens with one attached hydrogen (secondary N) is 2. The number of aryl methyl sites for hydroxylation is 1. The summed E-state index contributed by atoms with van der Waals surface area (Å²) in [5, 5.41) is 16.5. The van der Waals surface area contributed by atoms with Crippen molar-refractivity contribution >= 4 is 27.5 Å². The van der Waals surface area contributed by atoms with Crippen LogP contribution in [-0.2, 0) is 11.3 Å². The minimum absolute atomic E-state index is 0.0298. The monoisotopic (exact) mass is 446 g/mol. The van der Waals surface area contributed by atoms with Gasteiger partial charge in [-0.15, -0.1) is 0 Å². The van der Waals surface area contributed by atoms with E-state index < -0.39 is 0 Å². The molecular formula is C22H27BrN2O3. The van der Waals surface area contributed by atoms with Gasteiger partial charge in [0.2, 0.25) is 5.91 Å². The Bertz CT molecular complexity index is 812. The highest BCUT2D eigenvalue weighted by molar-refractivity contribution is 9.10. The van der Waals surface area contributed by atoms with E-state index in [-0.39, 0.29) is 11.8 Å². The molecule has 3 N–H and O–H groups in total. The first kappa shape index (κ1) is 20.7. The number of phenolic OH excluding ortho intramolecular Hbond substituents is 1. The third-order valence-corrected chi connectivity index (χ3v) is 6.18. The maximum absolute atomic E-state index is 12.6. The summed E-state index contributed by atoms with van der Waals surface area (Å²) in [6.07, 6.45) is 3.60. The Morgan fingerprint density at radius 2 is 1.96 bits per heavy atom. The van der Waals surface area contributed by atoms with Crippen LogP contribution in [0.4, 0.5) is 5.69 Å². The normalized spacial score (nSPS) is 19.2. The summed E-state index contributed by atoms with van der Waals surface area (Å²) in [5.74, 6) is 1.18. The van der Waals surface area contributed by atoms with Gasteiger partial charge in [-0.25, -0.2) is 0 Å². The molecule has 0 saturated heterocycles. The molecule has 2 aromatic carbocycles. The standard InChI is InChI=1S/C22H27BrN2O3/c1-14-6-9-17(12-21(14)28-2)25-22(27)15-7-10-16(11-8-15)24-13-18-19(23)4-3-5-20(18)26/h3-6,9,12,15-16,24,26H,7-8,10-11,13H2,1-2H3,(H,25,27). The predicted molar refractivity (Wildman–Crippen MR) is 115 cm³/mol. The van der Waals surface area contributed by atoms with Gasteiger partial charge in [-0.2, -0.15) is 0 Å². The fraction of sp³-hybridized carbons (Fsp3) is 0.409. The van der Waals surface area contributed by atoms with Crippen LogP contribution in [0.3, 0.4) is 0 Å². The van der Waals surface area contributed by atoms with Crippen LogP contribution < -0.4 is 15.4 Å². The van der Waals surface area contributed by atoms with Crippen LogP contribution in [0, 0.1) is 12.8 Å². The summed E-state index contributed by atoms with van der Waals surface area (Å²) in [7, 11) is 1.63. The minimum Gasteiger partial charge on any atom is -0.508 e. The smallest absolute Gasteiger partial charge is 0.227 e. The number of benzene rings is 2. The first-order valence-corrected chi connectivity index (χ1v) is 10.4. The zero-order chi connectivity index (χ0) is 20.1. The Hall–Kier alpha value is -2.05. The molecule has 1 aliphatic rings. The second kappa shape index (κ2) is 9.43. The molecule has 1 fully saturated rings. The Labute approximate surface area is 174 Å². The Morgan fingerprint density at radius 3 is 2.64 bits per heavy atom. The molecule has 1 saturated carbocycles. The molecule has 150 valence electrons. The molecule has 1 aliphatic carbocycles. The molecule has 0 unspecified atom stereocenters. The molecule has 0 bridgehead atoms. The highest BCUT2D eigenvalue weighted by Gasteiger charge is 2.26. The van der Waals surface area contributed by atoms with Crippen molar-refractivity contribution in [2.75, 3.05) is 12.4 Å². The van der Waals surface area contributed by atoms with Gasteiger partial charge in [0.1, 0.15) is 11.5 Å². The number of ether oxygens (including phenoxy) is 1. The molecular weight excluding hydrogens is 420 g/mol. The summed E-state index contributed by atoms with van der Waals surface area (Å²) in [5.41, 5.74) is 2.69. The molecule has 28 heavy (non-hydrogen) atoms. The van der Waals surface area contributed by atoms with Gasteiger partial charge >= 0.3 is 0 Å². The molecule has 6 heteroatoms. The van der Waals surface area contributed by atoms with Crippen molar-refractivity contribution in [2.45, 2.75) is 45.2 Å². The van der Waals surface area contributed by atoms with E-state index in [1.807, 2.05) is 37.3 Å². The number of carbonyl (C=O) groups is 1. The van der Waals surface area contributed by atoms with Crippen molar-refractivity contribution in [2.24, 2.45) is 5.92 Å². The summed E-state index contributed by atoms with van der Waals surface area (Å²) in [6.45, 7) is 2.59. The van der Waals surface area contributed by atoms with Gasteiger partial charge in [-0.05, 0) is 56.4 Å². The van der Waals surface area contributed by atoms with Gasteiger partial charge in [-0.1, -0.05) is 28.1 Å². The second-order valence-corrected chi connectivity index (χ2v) is 8.19. The summed E-state index contributed by atoms with van der Waals surface area (Å²) in [6, 6.07) is 11.5. The lowest BCUT2D eigenvalue weighted by molar-refractivity contribution is -0.120. The fourth-order valence-electron chi connectivity index (χ4n) is 3.67. The first-order chi connectivity index (χ1) is 13.5. The fourth-order valence-corrected chi connectivity index (χ4v) is 4.17. The summed E-state index contributed by atoms with van der Waals surface area (Å²) < 4.78 is 6.23. The molecule has 0 spiro atoms. The van der Waals surface area contributed by atoms with E-state index in [1.54, 1.807) is 13.2 Å². The van der Waals surface area contributed by atoms with E-state index >= 15 is 0 Å². The molecule has 0 aliphatic heterocycles. The Morgan fingerprint density at radius 1 is 1.21 bits per heavy atom. The molecule has 2 aromatic rings. The third kappa shape index (κ3) is 5.06. The number of rotatable bonds is 6. The maximum Gasteiger partial charge on any atom is 0.227 e. The number of carbonyl (C=O) groups excluding carboxylic acids is 1. The van der Waals surface area contributed by atoms with Gasteiger partial charge in [0.05, 0.1) is 7.11 Å². The quantitative estimate of drug-likeness (QED) is 0.597. The second-order valence-electron chi connectivity index (χ2n) is 7.34. The van der Waals surface area contributed by atoms with Crippen LogP contribution in [0.2, 0.25) is 0 Å². The Kier molecular flexibility index (Phi) is 6.97. The summed E-state index contributed by atoms with van der Waals surface area (Å²) >= 11 is 3.49. The lowest BCUT2D eigenvalue weighted by atomic mass is 9.85. The first-order valence-electron chi connectivity index (χ1n) is 9.63. The number of hydrogen-bond acceptors (Lipinski definition) is 4. The zero-order valence-electron chi connectivity index (χ0n) is 16.3. The molecule has 0 heterocycles. The summed E-state index contributed by atoms with van der Waals surface area (Å²) in [4.78, 5) is 12.6. The maximum atomic E-state index is 12.6. The van der Waals surface area contributed by atoms with Gasteiger partial charge in [0.15, 0.2) is 0 Å². The van der Waals surface area contributed by atoms with E-state index in [9.17, 15) is 9.90 Å². The van der Waals surface area contributed by atoms with E-state index in [0.29, 0.717) is 18.3 Å². The topological polar surface area (TPSA) is 70.6 Å². The van der Waals surface area contributed by atoms with Gasteiger partial charge in [-0.3, -0.25) is 4.79 Å². The van der Waals surface area contributed by atoms with Gasteiger partial charge in [0.25, 0.3) is 0 Å². The molecule has 5 nitrogen and oxygen atoms in total. The molecule has 0 atom stereocenters. The molecule has 3 rings (SSSR count). The molecule has 1 amide bonds. The van der Waals surface area contributed by atoms with E-state index in [0.717, 1.165) is 52.7 Å². The van der Waals surface area contributed by atoms with Crippen LogP contribution in [0.1, 0.15) is 36.8 Å². The number of phenols is 1. The lowest BCUT2D eigenvalue weighted by Crippen LogP contribution is -2.36. The van der Waals surface area contributed by atoms with Crippen LogP contribution in [0.5, 0.6) is 11.5 Å². The highest BCUT2D eigenvalue weighted by atomic mass is 79.9. The average molecular weight is 447 g/mol. The SMILES string of the molecule is COc1cc(NC(=O)C2CCC(NCc3c(O)cccc3Br)CC2)ccc1C. The van der Waals surface area contributed by atoms with Crippen molar-refractivity contribution in [3.63, 3.8) is 0 Å². The van der Waals surface area contributed by atoms with E-state index in [4.69, 9.17) is 4.74 Å². The van der Waals surface area contributed by atoms with Crippen LogP contribution in [-0.4, -0.2) is 24.2 Å². The van der Waals surface area contributed by atoms with Crippen LogP contribution >= 0.6 is 15.9 Å². The average Bonchev–Trinajstić information content (AvgIpc) is 2.69. The van der Waals surface area contributed by atoms with Crippen molar-refractivity contribution in [3.8, 4) is 11.5 Å². The lowest BCUT2D eigenvalue weighted by Gasteiger charge is -2.28. The number of aromatic hydroxyl groups is 1. The number of hydrogen-bond donors (Lipinski definition) is 3. The van der Waals surface area contributed by atoms with Gasteiger partial charge in [0, 0.05) is 40.3 Å². The largest absolute Gasteiger partial charge is 0.508 e. The number of halogens is 1. The number of anilines is 1.